The first-order valence-electron chi connectivity index (χ1n) is 6.27. The van der Waals surface area contributed by atoms with Crippen LogP contribution in [-0.4, -0.2) is 23.6 Å². The molecule has 0 saturated heterocycles. The van der Waals surface area contributed by atoms with Gasteiger partial charge in [-0.05, 0) is 13.0 Å². The number of ether oxygens (including phenoxy) is 1. The molecule has 1 aliphatic rings. The number of fused-ring (bicyclic) bond motifs is 1. The van der Waals surface area contributed by atoms with Crippen molar-refractivity contribution < 1.29 is 4.74 Å². The average Bonchev–Trinajstić information content (AvgIpc) is 2.85. The molecule has 1 atom stereocenters. The third kappa shape index (κ3) is 2.19. The largest absolute Gasteiger partial charge is 0.491 e. The van der Waals surface area contributed by atoms with Crippen LogP contribution in [0.15, 0.2) is 30.5 Å². The average molecular weight is 256 g/mol. The molecule has 2 N–H and O–H groups in total. The first-order chi connectivity index (χ1) is 9.28. The molecular weight excluding hydrogens is 240 g/mol. The minimum atomic E-state index is 0.134. The highest BCUT2D eigenvalue weighted by Gasteiger charge is 2.24. The first kappa shape index (κ1) is 11.8. The Morgan fingerprint density at radius 1 is 1.32 bits per heavy atom. The molecule has 2 aromatic rings. The third-order valence-electron chi connectivity index (χ3n) is 3.21. The fourth-order valence-electron chi connectivity index (χ4n) is 2.16. The number of nitrogens with zero attached hydrogens (tertiary/aromatic N) is 2. The van der Waals surface area contributed by atoms with Crippen LogP contribution in [0.5, 0.6) is 5.75 Å². The van der Waals surface area contributed by atoms with Crippen LogP contribution in [0.25, 0.3) is 0 Å². The number of rotatable bonds is 3. The maximum absolute atomic E-state index is 5.66. The van der Waals surface area contributed by atoms with Gasteiger partial charge in [-0.1, -0.05) is 18.2 Å². The summed E-state index contributed by atoms with van der Waals surface area (Å²) in [7, 11) is 1.81. The van der Waals surface area contributed by atoms with E-state index in [1.54, 1.807) is 0 Å². The summed E-state index contributed by atoms with van der Waals surface area (Å²) in [6.45, 7) is 2.61. The van der Waals surface area contributed by atoms with Crippen molar-refractivity contribution >= 4 is 11.8 Å². The molecule has 19 heavy (non-hydrogen) atoms. The second-order valence-corrected chi connectivity index (χ2v) is 4.52. The molecule has 0 bridgehead atoms. The number of anilines is 2. The Bertz CT molecular complexity index is 600. The van der Waals surface area contributed by atoms with E-state index in [-0.39, 0.29) is 6.04 Å². The minimum absolute atomic E-state index is 0.134. The molecule has 1 aromatic carbocycles. The van der Waals surface area contributed by atoms with Crippen molar-refractivity contribution in [3.63, 3.8) is 0 Å². The molecule has 1 aromatic heterocycles. The molecule has 0 spiro atoms. The zero-order valence-electron chi connectivity index (χ0n) is 11.0. The number of para-hydroxylation sites is 1. The summed E-state index contributed by atoms with van der Waals surface area (Å²) in [6, 6.07) is 8.21. The van der Waals surface area contributed by atoms with Gasteiger partial charge < -0.3 is 15.4 Å². The quantitative estimate of drug-likeness (QED) is 0.883. The van der Waals surface area contributed by atoms with Gasteiger partial charge in [0.2, 0.25) is 5.95 Å². The predicted octanol–water partition coefficient (Wildman–Crippen LogP) is 2.37. The standard InChI is InChI=1S/C14H16N4O/c1-9-7-16-14(15-2)18-13(9)17-11-8-19-12-6-4-3-5-10(11)12/h3-7,11H,8H2,1-2H3,(H2,15,16,17,18). The summed E-state index contributed by atoms with van der Waals surface area (Å²) in [6.07, 6.45) is 1.81. The second-order valence-electron chi connectivity index (χ2n) is 4.52. The number of aromatic nitrogens is 2. The van der Waals surface area contributed by atoms with Gasteiger partial charge in [0, 0.05) is 24.4 Å². The lowest BCUT2D eigenvalue weighted by molar-refractivity contribution is 0.339. The summed E-state index contributed by atoms with van der Waals surface area (Å²) in [5.41, 5.74) is 2.19. The third-order valence-corrected chi connectivity index (χ3v) is 3.21. The van der Waals surface area contributed by atoms with Crippen LogP contribution in [0.2, 0.25) is 0 Å². The van der Waals surface area contributed by atoms with E-state index in [4.69, 9.17) is 4.74 Å². The lowest BCUT2D eigenvalue weighted by Gasteiger charge is -2.14. The van der Waals surface area contributed by atoms with E-state index in [1.807, 2.05) is 38.4 Å². The van der Waals surface area contributed by atoms with Gasteiger partial charge in [-0.15, -0.1) is 0 Å². The Hall–Kier alpha value is -2.30. The molecule has 1 aliphatic heterocycles. The summed E-state index contributed by atoms with van der Waals surface area (Å²) in [4.78, 5) is 8.62. The van der Waals surface area contributed by atoms with Gasteiger partial charge in [0.25, 0.3) is 0 Å². The Labute approximate surface area is 112 Å². The molecule has 0 fully saturated rings. The van der Waals surface area contributed by atoms with Crippen LogP contribution in [0.4, 0.5) is 11.8 Å². The fraction of sp³-hybridized carbons (Fsp3) is 0.286. The van der Waals surface area contributed by atoms with Gasteiger partial charge in [-0.3, -0.25) is 0 Å². The zero-order valence-corrected chi connectivity index (χ0v) is 11.0. The SMILES string of the molecule is CNc1ncc(C)c(NC2COc3ccccc32)n1. The highest BCUT2D eigenvalue weighted by Crippen LogP contribution is 2.34. The highest BCUT2D eigenvalue weighted by molar-refractivity contribution is 5.51. The van der Waals surface area contributed by atoms with Gasteiger partial charge in [0.1, 0.15) is 18.2 Å². The normalized spacial score (nSPS) is 16.6. The maximum Gasteiger partial charge on any atom is 0.224 e. The van der Waals surface area contributed by atoms with E-state index in [1.165, 1.54) is 5.56 Å². The van der Waals surface area contributed by atoms with Crippen molar-refractivity contribution in [3.05, 3.63) is 41.6 Å². The summed E-state index contributed by atoms with van der Waals surface area (Å²) >= 11 is 0. The van der Waals surface area contributed by atoms with Crippen LogP contribution in [0.1, 0.15) is 17.2 Å². The Kier molecular flexibility index (Phi) is 2.95. The Balaban J connectivity index is 1.87. The van der Waals surface area contributed by atoms with E-state index in [2.05, 4.69) is 26.7 Å². The van der Waals surface area contributed by atoms with Crippen LogP contribution in [-0.2, 0) is 0 Å². The summed E-state index contributed by atoms with van der Waals surface area (Å²) < 4.78 is 5.66. The van der Waals surface area contributed by atoms with Gasteiger partial charge in [-0.25, -0.2) is 4.98 Å². The van der Waals surface area contributed by atoms with Crippen molar-refractivity contribution in [1.82, 2.24) is 9.97 Å². The number of benzene rings is 1. The Morgan fingerprint density at radius 3 is 3.00 bits per heavy atom. The molecular formula is C14H16N4O. The van der Waals surface area contributed by atoms with Gasteiger partial charge >= 0.3 is 0 Å². The molecule has 0 aliphatic carbocycles. The number of aryl methyl sites for hydroxylation is 1. The molecule has 0 saturated carbocycles. The lowest BCUT2D eigenvalue weighted by atomic mass is 10.1. The monoisotopic (exact) mass is 256 g/mol. The molecule has 3 rings (SSSR count). The van der Waals surface area contributed by atoms with Crippen molar-refractivity contribution in [2.45, 2.75) is 13.0 Å². The number of hydrogen-bond acceptors (Lipinski definition) is 5. The van der Waals surface area contributed by atoms with Gasteiger partial charge in [0.05, 0.1) is 6.04 Å². The molecule has 1 unspecified atom stereocenters. The van der Waals surface area contributed by atoms with E-state index in [0.717, 1.165) is 17.1 Å². The maximum atomic E-state index is 5.66. The predicted molar refractivity (Wildman–Crippen MR) is 74.6 cm³/mol. The summed E-state index contributed by atoms with van der Waals surface area (Å²) in [5, 5.41) is 6.37. The smallest absolute Gasteiger partial charge is 0.224 e. The van der Waals surface area contributed by atoms with Gasteiger partial charge in [-0.2, -0.15) is 4.98 Å². The Morgan fingerprint density at radius 2 is 2.16 bits per heavy atom. The van der Waals surface area contributed by atoms with Crippen molar-refractivity contribution in [1.29, 1.82) is 0 Å². The highest BCUT2D eigenvalue weighted by atomic mass is 16.5. The van der Waals surface area contributed by atoms with E-state index >= 15 is 0 Å². The molecule has 5 nitrogen and oxygen atoms in total. The van der Waals surface area contributed by atoms with E-state index < -0.39 is 0 Å². The van der Waals surface area contributed by atoms with Crippen molar-refractivity contribution in [3.8, 4) is 5.75 Å². The van der Waals surface area contributed by atoms with Crippen molar-refractivity contribution in [2.24, 2.45) is 0 Å². The molecule has 0 amide bonds. The second kappa shape index (κ2) is 4.76. The summed E-state index contributed by atoms with van der Waals surface area (Å²) in [5.74, 6) is 2.39. The van der Waals surface area contributed by atoms with Gasteiger partial charge in [0.15, 0.2) is 0 Å². The molecule has 0 radical (unpaired) electrons. The number of hydrogen-bond donors (Lipinski definition) is 2. The van der Waals surface area contributed by atoms with Crippen LogP contribution < -0.4 is 15.4 Å². The van der Waals surface area contributed by atoms with Crippen LogP contribution >= 0.6 is 0 Å². The topological polar surface area (TPSA) is 59.1 Å². The zero-order chi connectivity index (χ0) is 13.2. The first-order valence-corrected chi connectivity index (χ1v) is 6.27. The van der Waals surface area contributed by atoms with E-state index in [9.17, 15) is 0 Å². The van der Waals surface area contributed by atoms with Crippen LogP contribution in [0, 0.1) is 6.92 Å². The lowest BCUT2D eigenvalue weighted by Crippen LogP contribution is -2.14. The fourth-order valence-corrected chi connectivity index (χ4v) is 2.16. The number of nitrogens with one attached hydrogen (secondary N) is 2. The van der Waals surface area contributed by atoms with Crippen molar-refractivity contribution in [2.75, 3.05) is 24.3 Å². The molecule has 98 valence electrons. The molecule has 5 heteroatoms. The van der Waals surface area contributed by atoms with E-state index in [0.29, 0.717) is 12.6 Å². The minimum Gasteiger partial charge on any atom is -0.491 e. The molecule has 2 heterocycles. The van der Waals surface area contributed by atoms with Crippen LogP contribution in [0.3, 0.4) is 0 Å².